The molecule has 2 rings (SSSR count). The van der Waals surface area contributed by atoms with Crippen LogP contribution in [0, 0.1) is 13.8 Å². The van der Waals surface area contributed by atoms with E-state index in [1.165, 1.54) is 11.1 Å². The number of aryl methyl sites for hydroxylation is 2. The summed E-state index contributed by atoms with van der Waals surface area (Å²) in [4.78, 5) is 16.0. The summed E-state index contributed by atoms with van der Waals surface area (Å²) in [7, 11) is 0. The van der Waals surface area contributed by atoms with Gasteiger partial charge in [-0.1, -0.05) is 6.07 Å². The number of benzene rings is 1. The number of hydrogen-bond acceptors (Lipinski definition) is 2. The molecule has 1 aromatic carbocycles. The van der Waals surface area contributed by atoms with Gasteiger partial charge in [-0.05, 0) is 44.0 Å². The summed E-state index contributed by atoms with van der Waals surface area (Å²) in [5.74, 6) is 0.0180. The molecule has 19 heavy (non-hydrogen) atoms. The molecule has 0 saturated heterocycles. The second-order valence-electron chi connectivity index (χ2n) is 4.91. The second kappa shape index (κ2) is 5.69. The minimum atomic E-state index is 0.0180. The van der Waals surface area contributed by atoms with Crippen LogP contribution in [0.4, 0.5) is 5.69 Å². The lowest BCUT2D eigenvalue weighted by molar-refractivity contribution is -0.116. The van der Waals surface area contributed by atoms with E-state index in [-0.39, 0.29) is 11.9 Å². The molecular weight excluding hydrogens is 238 g/mol. The summed E-state index contributed by atoms with van der Waals surface area (Å²) in [5.41, 5.74) is 3.26. The van der Waals surface area contributed by atoms with Gasteiger partial charge >= 0.3 is 0 Å². The summed E-state index contributed by atoms with van der Waals surface area (Å²) < 4.78 is 1.93. The van der Waals surface area contributed by atoms with Gasteiger partial charge in [-0.25, -0.2) is 4.98 Å². The van der Waals surface area contributed by atoms with Crippen LogP contribution in [0.3, 0.4) is 0 Å². The highest BCUT2D eigenvalue weighted by Crippen LogP contribution is 2.16. The van der Waals surface area contributed by atoms with Crippen molar-refractivity contribution in [1.29, 1.82) is 0 Å². The molecule has 4 nitrogen and oxygen atoms in total. The average molecular weight is 257 g/mol. The lowest BCUT2D eigenvalue weighted by atomic mass is 10.1. The Labute approximate surface area is 113 Å². The number of rotatable bonds is 4. The van der Waals surface area contributed by atoms with Crippen molar-refractivity contribution in [2.45, 2.75) is 33.2 Å². The van der Waals surface area contributed by atoms with Crippen LogP contribution in [-0.4, -0.2) is 15.5 Å². The lowest BCUT2D eigenvalue weighted by Gasteiger charge is -2.13. The Morgan fingerprint density at radius 1 is 1.37 bits per heavy atom. The Hall–Kier alpha value is -2.10. The summed E-state index contributed by atoms with van der Waals surface area (Å²) in [6.45, 7) is 6.10. The van der Waals surface area contributed by atoms with E-state index in [0.29, 0.717) is 6.42 Å². The summed E-state index contributed by atoms with van der Waals surface area (Å²) in [5, 5.41) is 2.93. The molecule has 1 heterocycles. The fourth-order valence-electron chi connectivity index (χ4n) is 1.94. The third-order valence-corrected chi connectivity index (χ3v) is 3.31. The van der Waals surface area contributed by atoms with E-state index < -0.39 is 0 Å². The Morgan fingerprint density at radius 3 is 2.79 bits per heavy atom. The molecule has 0 spiro atoms. The molecule has 0 radical (unpaired) electrons. The largest absolute Gasteiger partial charge is 0.334 e. The van der Waals surface area contributed by atoms with E-state index in [4.69, 9.17) is 0 Å². The number of anilines is 1. The van der Waals surface area contributed by atoms with E-state index in [0.717, 1.165) is 5.69 Å². The van der Waals surface area contributed by atoms with Gasteiger partial charge in [0.2, 0.25) is 5.91 Å². The normalized spacial score (nSPS) is 12.2. The molecule has 0 aliphatic heterocycles. The lowest BCUT2D eigenvalue weighted by Crippen LogP contribution is -2.17. The maximum absolute atomic E-state index is 12.0. The molecule has 1 amide bonds. The standard InChI is InChI=1S/C15H19N3O/c1-11-4-5-14(8-12(11)2)17-15(19)9-13(3)18-7-6-16-10-18/h4-8,10,13H,9H2,1-3H3,(H,17,19)/t13-/m1/s1. The van der Waals surface area contributed by atoms with Crippen molar-refractivity contribution >= 4 is 11.6 Å². The van der Waals surface area contributed by atoms with Crippen molar-refractivity contribution < 1.29 is 4.79 Å². The second-order valence-corrected chi connectivity index (χ2v) is 4.91. The van der Waals surface area contributed by atoms with Crippen molar-refractivity contribution in [1.82, 2.24) is 9.55 Å². The van der Waals surface area contributed by atoms with E-state index in [1.807, 2.05) is 42.8 Å². The number of nitrogens with one attached hydrogen (secondary N) is 1. The number of hydrogen-bond donors (Lipinski definition) is 1. The van der Waals surface area contributed by atoms with Crippen molar-refractivity contribution in [3.8, 4) is 0 Å². The zero-order valence-corrected chi connectivity index (χ0v) is 11.6. The highest BCUT2D eigenvalue weighted by molar-refractivity contribution is 5.91. The summed E-state index contributed by atoms with van der Waals surface area (Å²) in [6, 6.07) is 6.05. The van der Waals surface area contributed by atoms with Crippen LogP contribution in [0.2, 0.25) is 0 Å². The van der Waals surface area contributed by atoms with Gasteiger partial charge in [0.25, 0.3) is 0 Å². The highest BCUT2D eigenvalue weighted by atomic mass is 16.1. The third-order valence-electron chi connectivity index (χ3n) is 3.31. The van der Waals surface area contributed by atoms with Gasteiger partial charge in [0, 0.05) is 30.5 Å². The zero-order chi connectivity index (χ0) is 13.8. The Bertz CT molecular complexity index is 561. The Balaban J connectivity index is 1.95. The molecule has 1 N–H and O–H groups in total. The van der Waals surface area contributed by atoms with Crippen molar-refractivity contribution in [3.63, 3.8) is 0 Å². The first-order valence-electron chi connectivity index (χ1n) is 6.41. The molecule has 0 aliphatic carbocycles. The predicted octanol–water partition coefficient (Wildman–Crippen LogP) is 3.09. The van der Waals surface area contributed by atoms with E-state index in [1.54, 1.807) is 12.5 Å². The van der Waals surface area contributed by atoms with Gasteiger partial charge in [0.05, 0.1) is 6.33 Å². The first-order chi connectivity index (χ1) is 9.06. The van der Waals surface area contributed by atoms with E-state index in [2.05, 4.69) is 17.2 Å². The summed E-state index contributed by atoms with van der Waals surface area (Å²) >= 11 is 0. The molecule has 0 aliphatic rings. The molecule has 2 aromatic rings. The molecule has 1 aromatic heterocycles. The molecule has 0 saturated carbocycles. The van der Waals surface area contributed by atoms with Crippen LogP contribution in [0.5, 0.6) is 0 Å². The van der Waals surface area contributed by atoms with Crippen LogP contribution in [0.1, 0.15) is 30.5 Å². The van der Waals surface area contributed by atoms with Gasteiger partial charge in [-0.15, -0.1) is 0 Å². The average Bonchev–Trinajstić information content (AvgIpc) is 2.87. The fourth-order valence-corrected chi connectivity index (χ4v) is 1.94. The minimum absolute atomic E-state index is 0.0180. The molecule has 100 valence electrons. The maximum atomic E-state index is 12.0. The summed E-state index contributed by atoms with van der Waals surface area (Å²) in [6.07, 6.45) is 5.75. The van der Waals surface area contributed by atoms with Gasteiger partial charge in [0.15, 0.2) is 0 Å². The zero-order valence-electron chi connectivity index (χ0n) is 11.6. The number of nitrogens with zero attached hydrogens (tertiary/aromatic N) is 2. The smallest absolute Gasteiger partial charge is 0.226 e. The monoisotopic (exact) mass is 257 g/mol. The van der Waals surface area contributed by atoms with Gasteiger partial charge in [-0.3, -0.25) is 4.79 Å². The van der Waals surface area contributed by atoms with Crippen LogP contribution in [0.25, 0.3) is 0 Å². The van der Waals surface area contributed by atoms with Gasteiger partial charge in [-0.2, -0.15) is 0 Å². The van der Waals surface area contributed by atoms with Crippen LogP contribution < -0.4 is 5.32 Å². The van der Waals surface area contributed by atoms with Crippen LogP contribution in [0.15, 0.2) is 36.9 Å². The number of amides is 1. The molecule has 0 unspecified atom stereocenters. The van der Waals surface area contributed by atoms with Gasteiger partial charge < -0.3 is 9.88 Å². The number of carbonyl (C=O) groups excluding carboxylic acids is 1. The maximum Gasteiger partial charge on any atom is 0.226 e. The molecule has 4 heteroatoms. The van der Waals surface area contributed by atoms with Crippen molar-refractivity contribution in [3.05, 3.63) is 48.0 Å². The number of carbonyl (C=O) groups is 1. The molecule has 0 bridgehead atoms. The topological polar surface area (TPSA) is 46.9 Å². The first kappa shape index (κ1) is 13.3. The minimum Gasteiger partial charge on any atom is -0.334 e. The number of aromatic nitrogens is 2. The molecule has 1 atom stereocenters. The van der Waals surface area contributed by atoms with Crippen LogP contribution >= 0.6 is 0 Å². The van der Waals surface area contributed by atoms with E-state index >= 15 is 0 Å². The highest BCUT2D eigenvalue weighted by Gasteiger charge is 2.10. The number of imidazole rings is 1. The third kappa shape index (κ3) is 3.44. The van der Waals surface area contributed by atoms with Crippen LogP contribution in [-0.2, 0) is 4.79 Å². The SMILES string of the molecule is Cc1ccc(NC(=O)C[C@@H](C)n2ccnc2)cc1C. The van der Waals surface area contributed by atoms with Crippen molar-refractivity contribution in [2.24, 2.45) is 0 Å². The van der Waals surface area contributed by atoms with E-state index in [9.17, 15) is 4.79 Å². The van der Waals surface area contributed by atoms with Gasteiger partial charge in [0.1, 0.15) is 0 Å². The first-order valence-corrected chi connectivity index (χ1v) is 6.41. The predicted molar refractivity (Wildman–Crippen MR) is 76.1 cm³/mol. The molecular formula is C15H19N3O. The Kier molecular flexibility index (Phi) is 4.00. The fraction of sp³-hybridized carbons (Fsp3) is 0.333. The molecule has 0 fully saturated rings. The Morgan fingerprint density at radius 2 is 2.16 bits per heavy atom. The van der Waals surface area contributed by atoms with Crippen molar-refractivity contribution in [2.75, 3.05) is 5.32 Å². The quantitative estimate of drug-likeness (QED) is 0.915.